The van der Waals surface area contributed by atoms with Crippen molar-refractivity contribution in [2.24, 2.45) is 4.99 Å². The molecule has 0 unspecified atom stereocenters. The van der Waals surface area contributed by atoms with Gasteiger partial charge in [-0.25, -0.2) is 18.9 Å². The van der Waals surface area contributed by atoms with Gasteiger partial charge in [0.2, 0.25) is 5.90 Å². The second-order valence-corrected chi connectivity index (χ2v) is 6.57. The van der Waals surface area contributed by atoms with Gasteiger partial charge in [-0.05, 0) is 49.4 Å². The van der Waals surface area contributed by atoms with E-state index in [1.165, 1.54) is 30.0 Å². The van der Waals surface area contributed by atoms with Crippen LogP contribution in [0.4, 0.5) is 4.39 Å². The number of cyclic esters (lactones) is 1. The molecule has 0 saturated carbocycles. The highest BCUT2D eigenvalue weighted by Gasteiger charge is 2.27. The van der Waals surface area contributed by atoms with Gasteiger partial charge in [0.25, 0.3) is 0 Å². The monoisotopic (exact) mass is 411 g/mol. The molecule has 4 rings (SSSR count). The first-order valence-electron chi connectivity index (χ1n) is 8.65. The summed E-state index contributed by atoms with van der Waals surface area (Å²) in [5.74, 6) is -0.268. The predicted octanol–water partition coefficient (Wildman–Crippen LogP) is 4.33. The summed E-state index contributed by atoms with van der Waals surface area (Å²) in [6.45, 7) is 1.75. The van der Waals surface area contributed by atoms with Crippen LogP contribution in [-0.4, -0.2) is 28.8 Å². The van der Waals surface area contributed by atoms with Crippen LogP contribution in [0.15, 0.2) is 59.2 Å². The summed E-state index contributed by atoms with van der Waals surface area (Å²) in [5.41, 5.74) is 2.36. The van der Waals surface area contributed by atoms with Crippen molar-refractivity contribution in [3.8, 4) is 11.4 Å². The fourth-order valence-corrected chi connectivity index (χ4v) is 3.24. The van der Waals surface area contributed by atoms with Gasteiger partial charge in [0.05, 0.1) is 24.1 Å². The maximum Gasteiger partial charge on any atom is 0.363 e. The van der Waals surface area contributed by atoms with Crippen LogP contribution in [0, 0.1) is 12.7 Å². The van der Waals surface area contributed by atoms with Crippen LogP contribution in [0.2, 0.25) is 5.15 Å². The fraction of sp³-hybridized carbons (Fsp3) is 0.0952. The van der Waals surface area contributed by atoms with Crippen LogP contribution in [0.25, 0.3) is 11.8 Å². The molecule has 0 atom stereocenters. The van der Waals surface area contributed by atoms with Gasteiger partial charge in [-0.15, -0.1) is 0 Å². The van der Waals surface area contributed by atoms with Crippen LogP contribution < -0.4 is 4.74 Å². The normalized spacial score (nSPS) is 14.8. The third-order valence-electron chi connectivity index (χ3n) is 4.36. The van der Waals surface area contributed by atoms with E-state index in [2.05, 4.69) is 10.1 Å². The van der Waals surface area contributed by atoms with Gasteiger partial charge in [0.15, 0.2) is 5.70 Å². The van der Waals surface area contributed by atoms with Crippen molar-refractivity contribution < 1.29 is 18.7 Å². The quantitative estimate of drug-likeness (QED) is 0.473. The number of aliphatic imine (C=N–C) groups is 1. The lowest BCUT2D eigenvalue weighted by molar-refractivity contribution is -0.129. The second-order valence-electron chi connectivity index (χ2n) is 6.21. The number of esters is 1. The first-order chi connectivity index (χ1) is 14.0. The molecule has 2 heterocycles. The maximum atomic E-state index is 13.2. The molecule has 0 radical (unpaired) electrons. The summed E-state index contributed by atoms with van der Waals surface area (Å²) >= 11 is 6.47. The Hall–Kier alpha value is -3.45. The number of nitrogens with zero attached hydrogens (tertiary/aromatic N) is 3. The smallest absolute Gasteiger partial charge is 0.363 e. The molecule has 8 heteroatoms. The Bertz CT molecular complexity index is 1170. The van der Waals surface area contributed by atoms with Crippen LogP contribution in [0.3, 0.4) is 0 Å². The van der Waals surface area contributed by atoms with Crippen molar-refractivity contribution in [2.45, 2.75) is 6.92 Å². The van der Waals surface area contributed by atoms with E-state index in [1.54, 1.807) is 37.3 Å². The van der Waals surface area contributed by atoms with E-state index in [9.17, 15) is 9.18 Å². The molecular weight excluding hydrogens is 397 g/mol. The fourth-order valence-electron chi connectivity index (χ4n) is 2.91. The first kappa shape index (κ1) is 18.9. The van der Waals surface area contributed by atoms with Crippen LogP contribution >= 0.6 is 11.6 Å². The Morgan fingerprint density at radius 1 is 1.17 bits per heavy atom. The van der Waals surface area contributed by atoms with E-state index >= 15 is 0 Å². The molecule has 0 fully saturated rings. The Morgan fingerprint density at radius 3 is 2.62 bits per heavy atom. The highest BCUT2D eigenvalue weighted by atomic mass is 35.5. The van der Waals surface area contributed by atoms with Crippen molar-refractivity contribution in [1.29, 1.82) is 0 Å². The van der Waals surface area contributed by atoms with Crippen molar-refractivity contribution in [1.82, 2.24) is 9.78 Å². The lowest BCUT2D eigenvalue weighted by Crippen LogP contribution is -2.06. The average Bonchev–Trinajstić information content (AvgIpc) is 3.23. The number of methoxy groups -OCH3 is 1. The van der Waals surface area contributed by atoms with E-state index in [1.807, 2.05) is 6.07 Å². The number of ether oxygens (including phenoxy) is 2. The molecule has 0 N–H and O–H groups in total. The molecule has 1 aliphatic heterocycles. The molecule has 0 bridgehead atoms. The minimum Gasteiger partial charge on any atom is -0.496 e. The van der Waals surface area contributed by atoms with Gasteiger partial charge >= 0.3 is 5.97 Å². The van der Waals surface area contributed by atoms with Crippen LogP contribution in [0.5, 0.6) is 5.75 Å². The van der Waals surface area contributed by atoms with Gasteiger partial charge in [-0.2, -0.15) is 5.10 Å². The van der Waals surface area contributed by atoms with E-state index in [0.717, 1.165) is 0 Å². The standard InChI is InChI=1S/C21H15ClFN3O3/c1-12-16(19(22)26(25-12)14-9-7-13(23)8-10-14)11-17-21(27)29-20(24-17)15-5-3-4-6-18(15)28-2/h3-11H,1-2H3/b17-11-. The molecule has 2 aromatic carbocycles. The zero-order chi connectivity index (χ0) is 20.5. The minimum absolute atomic E-state index is 0.0922. The lowest BCUT2D eigenvalue weighted by atomic mass is 10.2. The highest BCUT2D eigenvalue weighted by molar-refractivity contribution is 6.31. The largest absolute Gasteiger partial charge is 0.496 e. The van der Waals surface area contributed by atoms with Gasteiger partial charge in [-0.3, -0.25) is 0 Å². The zero-order valence-electron chi connectivity index (χ0n) is 15.5. The Labute approximate surface area is 170 Å². The molecule has 0 aliphatic carbocycles. The van der Waals surface area contributed by atoms with Crippen LogP contribution in [-0.2, 0) is 9.53 Å². The average molecular weight is 412 g/mol. The van der Waals surface area contributed by atoms with Gasteiger partial charge in [0, 0.05) is 5.56 Å². The van der Waals surface area contributed by atoms with Gasteiger partial charge in [-0.1, -0.05) is 23.7 Å². The van der Waals surface area contributed by atoms with E-state index in [0.29, 0.717) is 28.3 Å². The molecule has 1 aliphatic rings. The summed E-state index contributed by atoms with van der Waals surface area (Å²) in [6, 6.07) is 12.9. The number of hydrogen-bond donors (Lipinski definition) is 0. The summed E-state index contributed by atoms with van der Waals surface area (Å²) in [4.78, 5) is 16.6. The molecule has 1 aromatic heterocycles. The highest BCUT2D eigenvalue weighted by Crippen LogP contribution is 2.29. The number of para-hydroxylation sites is 1. The summed E-state index contributed by atoms with van der Waals surface area (Å²) in [7, 11) is 1.53. The first-order valence-corrected chi connectivity index (χ1v) is 9.02. The van der Waals surface area contributed by atoms with Crippen LogP contribution in [0.1, 0.15) is 16.8 Å². The molecule has 6 nitrogen and oxygen atoms in total. The number of rotatable bonds is 4. The molecule has 29 heavy (non-hydrogen) atoms. The molecule has 146 valence electrons. The van der Waals surface area contributed by atoms with E-state index in [4.69, 9.17) is 21.1 Å². The number of aromatic nitrogens is 2. The molecular formula is C21H15ClFN3O3. The number of hydrogen-bond acceptors (Lipinski definition) is 5. The van der Waals surface area contributed by atoms with E-state index in [-0.39, 0.29) is 22.6 Å². The molecule has 0 amide bonds. The number of benzene rings is 2. The number of halogens is 2. The van der Waals surface area contributed by atoms with Crippen molar-refractivity contribution in [3.05, 3.63) is 82.0 Å². The molecule has 0 spiro atoms. The third kappa shape index (κ3) is 3.52. The topological polar surface area (TPSA) is 65.7 Å². The van der Waals surface area contributed by atoms with Crippen molar-refractivity contribution >= 4 is 29.5 Å². The second kappa shape index (κ2) is 7.52. The summed E-state index contributed by atoms with van der Waals surface area (Å²) < 4.78 is 25.3. The number of carbonyl (C=O) groups excluding carboxylic acids is 1. The predicted molar refractivity (Wildman–Crippen MR) is 107 cm³/mol. The number of aryl methyl sites for hydroxylation is 1. The van der Waals surface area contributed by atoms with E-state index < -0.39 is 5.97 Å². The summed E-state index contributed by atoms with van der Waals surface area (Å²) in [6.07, 6.45) is 1.52. The van der Waals surface area contributed by atoms with Crippen molar-refractivity contribution in [3.63, 3.8) is 0 Å². The Kier molecular flexibility index (Phi) is 4.90. The maximum absolute atomic E-state index is 13.2. The minimum atomic E-state index is -0.601. The zero-order valence-corrected chi connectivity index (χ0v) is 16.3. The number of carbonyl (C=O) groups is 1. The lowest BCUT2D eigenvalue weighted by Gasteiger charge is -2.05. The Balaban J connectivity index is 1.74. The summed E-state index contributed by atoms with van der Waals surface area (Å²) in [5, 5.41) is 4.65. The Morgan fingerprint density at radius 2 is 1.90 bits per heavy atom. The van der Waals surface area contributed by atoms with Crippen molar-refractivity contribution in [2.75, 3.05) is 7.11 Å². The molecule has 0 saturated heterocycles. The van der Waals surface area contributed by atoms with Gasteiger partial charge in [0.1, 0.15) is 16.7 Å². The molecule has 3 aromatic rings. The van der Waals surface area contributed by atoms with Gasteiger partial charge < -0.3 is 9.47 Å². The third-order valence-corrected chi connectivity index (χ3v) is 4.72. The SMILES string of the molecule is COc1ccccc1C1=N/C(=C\c2c(C)nn(-c3ccc(F)cc3)c2Cl)C(=O)O1.